The average Bonchev–Trinajstić information content (AvgIpc) is 2.92. The Kier molecular flexibility index (Phi) is 22.6. The van der Waals surface area contributed by atoms with Gasteiger partial charge in [-0.15, -0.1) is 0 Å². The van der Waals surface area contributed by atoms with E-state index in [1.807, 2.05) is 24.3 Å². The van der Waals surface area contributed by atoms with Crippen LogP contribution in [0.15, 0.2) is 48.5 Å². The molecule has 0 amide bonds. The van der Waals surface area contributed by atoms with E-state index in [0.717, 1.165) is 82.6 Å². The van der Waals surface area contributed by atoms with Crippen LogP contribution in [0.5, 0.6) is 0 Å². The molecule has 2 aliphatic rings. The van der Waals surface area contributed by atoms with Gasteiger partial charge in [0.05, 0.1) is 4.92 Å². The van der Waals surface area contributed by atoms with Gasteiger partial charge in [-0.05, 0) is 74.9 Å². The Balaban J connectivity index is 0.000000685. The van der Waals surface area contributed by atoms with Crippen LogP contribution in [0, 0.1) is 22.0 Å². The number of non-ortho nitro benzene ring substituents is 1. The van der Waals surface area contributed by atoms with Crippen LogP contribution in [-0.4, -0.2) is 98.2 Å². The Bertz CT molecular complexity index is 934. The molecule has 232 valence electrons. The molecule has 2 radical (unpaired) electrons. The summed E-state index contributed by atoms with van der Waals surface area (Å²) >= 11 is -0.826. The van der Waals surface area contributed by atoms with Gasteiger partial charge in [0.1, 0.15) is 0 Å². The number of ether oxygens (including phenoxy) is 2. The van der Waals surface area contributed by atoms with Crippen molar-refractivity contribution in [2.24, 2.45) is 11.8 Å². The number of anilines is 1. The van der Waals surface area contributed by atoms with Crippen molar-refractivity contribution in [1.82, 2.24) is 9.80 Å². The van der Waals surface area contributed by atoms with Gasteiger partial charge in [-0.3, -0.25) is 10.1 Å². The van der Waals surface area contributed by atoms with Crippen LogP contribution in [0.3, 0.4) is 0 Å². The second-order valence-electron chi connectivity index (χ2n) is 10.2. The molecule has 2 aromatic carbocycles. The average molecular weight is 724 g/mol. The Morgan fingerprint density at radius 3 is 1.49 bits per heavy atom. The Hall–Kier alpha value is -1.22. The van der Waals surface area contributed by atoms with Crippen LogP contribution < -0.4 is 5.73 Å². The second kappa shape index (κ2) is 23.3. The van der Waals surface area contributed by atoms with E-state index < -0.39 is 18.9 Å². The van der Waals surface area contributed by atoms with Crippen LogP contribution in [0.4, 0.5) is 11.4 Å². The van der Waals surface area contributed by atoms with Gasteiger partial charge in [0.25, 0.3) is 5.69 Å². The zero-order chi connectivity index (χ0) is 28.5. The third-order valence-corrected chi connectivity index (χ3v) is 6.85. The Labute approximate surface area is 261 Å². The van der Waals surface area contributed by atoms with Gasteiger partial charge in [-0.1, -0.05) is 24.3 Å². The van der Waals surface area contributed by atoms with Crippen molar-refractivity contribution >= 4 is 48.1 Å². The van der Waals surface area contributed by atoms with Crippen molar-refractivity contribution in [2.75, 3.05) is 59.3 Å². The first-order valence-corrected chi connectivity index (χ1v) is 20.6. The molecule has 0 spiro atoms. The molecule has 41 heavy (non-hydrogen) atoms. The Morgan fingerprint density at radius 1 is 0.805 bits per heavy atom. The third kappa shape index (κ3) is 17.5. The van der Waals surface area contributed by atoms with Gasteiger partial charge in [0.2, 0.25) is 0 Å². The normalized spacial score (nSPS) is 15.5. The first-order valence-electron chi connectivity index (χ1n) is 13.4. The van der Waals surface area contributed by atoms with E-state index in [2.05, 4.69) is 36.0 Å². The van der Waals surface area contributed by atoms with E-state index in [0.29, 0.717) is 5.92 Å². The number of nitro benzene ring substituents is 1. The van der Waals surface area contributed by atoms with Crippen LogP contribution in [0.25, 0.3) is 0 Å². The fraction of sp³-hybridized carbons (Fsp3) is 0.571. The minimum absolute atomic E-state index is 0. The molecular formula is C28H46Cl2N4O6Sn. The van der Waals surface area contributed by atoms with Crippen molar-refractivity contribution in [3.8, 4) is 0 Å². The first-order chi connectivity index (χ1) is 18.8. The number of rotatable bonds is 9. The van der Waals surface area contributed by atoms with E-state index >= 15 is 0 Å². The van der Waals surface area contributed by atoms with Crippen LogP contribution >= 0.6 is 17.8 Å². The van der Waals surface area contributed by atoms with Gasteiger partial charge in [-0.25, -0.2) is 0 Å². The summed E-state index contributed by atoms with van der Waals surface area (Å²) in [6.07, 6.45) is 4.66. The van der Waals surface area contributed by atoms with Gasteiger partial charge >= 0.3 is 36.7 Å². The van der Waals surface area contributed by atoms with Crippen LogP contribution in [-0.2, 0) is 22.6 Å². The molecule has 2 fully saturated rings. The number of hydrogen-bond donors (Lipinski definition) is 1. The summed E-state index contributed by atoms with van der Waals surface area (Å²) < 4.78 is 10.7. The molecule has 0 atom stereocenters. The number of benzene rings is 2. The fourth-order valence-corrected chi connectivity index (χ4v) is 4.84. The molecular weight excluding hydrogens is 678 g/mol. The van der Waals surface area contributed by atoms with Crippen molar-refractivity contribution in [1.29, 1.82) is 0 Å². The third-order valence-electron chi connectivity index (χ3n) is 6.85. The molecule has 6 N–H and O–H groups in total. The zero-order valence-electron chi connectivity index (χ0n) is 24.1. The van der Waals surface area contributed by atoms with Crippen LogP contribution in [0.1, 0.15) is 36.8 Å². The van der Waals surface area contributed by atoms with Crippen molar-refractivity contribution in [3.63, 3.8) is 0 Å². The summed E-state index contributed by atoms with van der Waals surface area (Å²) in [6.45, 7) is 7.65. The topological polar surface area (TPSA) is 157 Å². The number of halogens is 2. The molecule has 0 aromatic heterocycles. The second-order valence-corrected chi connectivity index (χ2v) is 14.5. The van der Waals surface area contributed by atoms with Gasteiger partial charge in [0, 0.05) is 70.4 Å². The van der Waals surface area contributed by atoms with E-state index in [1.165, 1.54) is 18.4 Å². The van der Waals surface area contributed by atoms with Crippen molar-refractivity contribution < 1.29 is 25.3 Å². The van der Waals surface area contributed by atoms with Crippen molar-refractivity contribution in [3.05, 3.63) is 69.8 Å². The van der Waals surface area contributed by atoms with E-state index in [1.54, 1.807) is 12.1 Å². The molecule has 2 aliphatic heterocycles. The molecule has 13 heteroatoms. The summed E-state index contributed by atoms with van der Waals surface area (Å²) in [4.78, 5) is 14.9. The molecule has 2 aromatic rings. The van der Waals surface area contributed by atoms with Gasteiger partial charge in [-0.2, -0.15) is 0 Å². The summed E-state index contributed by atoms with van der Waals surface area (Å²) in [5, 5.41) is 10.6. The van der Waals surface area contributed by atoms with Gasteiger partial charge in [0.15, 0.2) is 0 Å². The molecule has 4 rings (SSSR count). The first kappa shape index (κ1) is 39.8. The number of hydrogen-bond acceptors (Lipinski definition) is 7. The summed E-state index contributed by atoms with van der Waals surface area (Å²) in [5.41, 5.74) is 9.10. The SMILES string of the molecule is CN(Cc1ccc(N)cc1)CC1CCOCC1.CN(Cc1ccc([N+](=O)[O-])cc1)CC1CCOCC1.O.O.[Cl][Sn][Cl]. The maximum atomic E-state index is 10.6. The predicted molar refractivity (Wildman–Crippen MR) is 168 cm³/mol. The number of nitrogens with zero attached hydrogens (tertiary/aromatic N) is 3. The summed E-state index contributed by atoms with van der Waals surface area (Å²) in [6, 6.07) is 15.0. The van der Waals surface area contributed by atoms with E-state index in [4.69, 9.17) is 33.0 Å². The molecule has 0 saturated carbocycles. The fourth-order valence-electron chi connectivity index (χ4n) is 4.84. The molecule has 10 nitrogen and oxygen atoms in total. The predicted octanol–water partition coefficient (Wildman–Crippen LogP) is 3.93. The molecule has 2 heterocycles. The molecule has 0 aliphatic carbocycles. The summed E-state index contributed by atoms with van der Waals surface area (Å²) in [7, 11) is 14.1. The van der Waals surface area contributed by atoms with E-state index in [9.17, 15) is 10.1 Å². The quantitative estimate of drug-likeness (QED) is 0.178. The number of nitrogens with two attached hydrogens (primary N) is 1. The zero-order valence-corrected chi connectivity index (χ0v) is 28.4. The molecule has 0 unspecified atom stereocenters. The summed E-state index contributed by atoms with van der Waals surface area (Å²) in [5.74, 6) is 1.50. The Morgan fingerprint density at radius 2 is 1.15 bits per heavy atom. The monoisotopic (exact) mass is 724 g/mol. The molecule has 2 saturated heterocycles. The van der Waals surface area contributed by atoms with E-state index in [-0.39, 0.29) is 21.6 Å². The maximum absolute atomic E-state index is 10.6. The standard InChI is InChI=1S/C14H20N2O3.C14H22N2O.2ClH.2H2O.Sn/c1-15(11-13-6-8-19-9-7-13)10-12-2-4-14(5-3-12)16(17)18;1-16(11-13-6-8-17-9-7-13)10-12-2-4-14(15)5-3-12;;;;;/h2-5,13H,6-11H2,1H3;2-5,13H,6-11,15H2,1H3;2*1H;2*1H2;/q;;;;;;+2/p-2. The minimum atomic E-state index is -0.826. The van der Waals surface area contributed by atoms with Gasteiger partial charge < -0.3 is 36.0 Å². The van der Waals surface area contributed by atoms with Crippen molar-refractivity contribution in [2.45, 2.75) is 38.8 Å². The molecule has 0 bridgehead atoms. The van der Waals surface area contributed by atoms with Crippen LogP contribution in [0.2, 0.25) is 0 Å². The number of nitrogen functional groups attached to an aromatic ring is 1. The number of nitro groups is 1.